The number of nitrogens with zero attached hydrogens (tertiary/aromatic N) is 3. The maximum atomic E-state index is 11.1. The van der Waals surface area contributed by atoms with Crippen molar-refractivity contribution in [3.63, 3.8) is 0 Å². The second kappa shape index (κ2) is 6.26. The molecule has 0 aliphatic carbocycles. The Hall–Kier alpha value is -1.89. The molecule has 0 fully saturated rings. The molecule has 0 bridgehead atoms. The zero-order valence-electron chi connectivity index (χ0n) is 12.1. The standard InChI is InChI=1S/C12H10BrN3O3.C2H6/c1-15-6-9-8-4-7(13)5-11(16(17)18)12(8)19-3-2-10(9)14-15;1-2/h4-6H,2-3H2,1H3;1-2H3. The normalized spacial score (nSPS) is 12.2. The molecule has 1 aliphatic heterocycles. The molecule has 0 amide bonds. The smallest absolute Gasteiger partial charge is 0.312 e. The van der Waals surface area contributed by atoms with E-state index in [9.17, 15) is 10.1 Å². The van der Waals surface area contributed by atoms with E-state index in [0.717, 1.165) is 11.3 Å². The minimum absolute atomic E-state index is 0.0268. The van der Waals surface area contributed by atoms with Crippen LogP contribution in [-0.2, 0) is 13.5 Å². The Bertz CT molecular complexity index is 682. The fourth-order valence-corrected chi connectivity index (χ4v) is 2.71. The highest BCUT2D eigenvalue weighted by molar-refractivity contribution is 9.10. The van der Waals surface area contributed by atoms with E-state index in [1.807, 2.05) is 33.2 Å². The minimum atomic E-state index is -0.426. The lowest BCUT2D eigenvalue weighted by Crippen LogP contribution is -2.02. The third-order valence-corrected chi connectivity index (χ3v) is 3.47. The predicted molar refractivity (Wildman–Crippen MR) is 83.5 cm³/mol. The zero-order valence-corrected chi connectivity index (χ0v) is 13.7. The van der Waals surface area contributed by atoms with Crippen LogP contribution in [0.2, 0.25) is 0 Å². The SMILES string of the molecule is CC.Cn1cc2c(n1)CCOc1c-2cc(Br)cc1[N+](=O)[O-]. The van der Waals surface area contributed by atoms with Gasteiger partial charge in [0.2, 0.25) is 5.75 Å². The summed E-state index contributed by atoms with van der Waals surface area (Å²) >= 11 is 3.31. The molecule has 112 valence electrons. The molecular formula is C14H16BrN3O3. The van der Waals surface area contributed by atoms with E-state index in [-0.39, 0.29) is 5.69 Å². The average Bonchev–Trinajstić information content (AvgIpc) is 2.74. The van der Waals surface area contributed by atoms with Crippen molar-refractivity contribution in [3.05, 3.63) is 38.6 Å². The van der Waals surface area contributed by atoms with Crippen LogP contribution in [0.15, 0.2) is 22.8 Å². The molecule has 0 atom stereocenters. The summed E-state index contributed by atoms with van der Waals surface area (Å²) in [5.74, 6) is 0.319. The van der Waals surface area contributed by atoms with Crippen molar-refractivity contribution in [1.82, 2.24) is 9.78 Å². The summed E-state index contributed by atoms with van der Waals surface area (Å²) in [6.45, 7) is 4.39. The second-order valence-corrected chi connectivity index (χ2v) is 5.24. The lowest BCUT2D eigenvalue weighted by molar-refractivity contribution is -0.385. The Kier molecular flexibility index (Phi) is 4.62. The van der Waals surface area contributed by atoms with E-state index in [4.69, 9.17) is 4.74 Å². The molecule has 6 nitrogen and oxygen atoms in total. The molecule has 1 aromatic heterocycles. The van der Waals surface area contributed by atoms with Gasteiger partial charge in [-0.1, -0.05) is 29.8 Å². The van der Waals surface area contributed by atoms with Gasteiger partial charge in [0.1, 0.15) is 0 Å². The van der Waals surface area contributed by atoms with Crippen LogP contribution in [0.1, 0.15) is 19.5 Å². The van der Waals surface area contributed by atoms with Crippen molar-refractivity contribution in [2.45, 2.75) is 20.3 Å². The summed E-state index contributed by atoms with van der Waals surface area (Å²) in [5, 5.41) is 15.5. The third kappa shape index (κ3) is 2.92. The molecule has 3 rings (SSSR count). The molecule has 0 N–H and O–H groups in total. The number of nitro benzene ring substituents is 1. The summed E-state index contributed by atoms with van der Waals surface area (Å²) in [4.78, 5) is 10.7. The molecule has 21 heavy (non-hydrogen) atoms. The zero-order chi connectivity index (χ0) is 15.6. The maximum absolute atomic E-state index is 11.1. The van der Waals surface area contributed by atoms with Crippen molar-refractivity contribution >= 4 is 21.6 Å². The minimum Gasteiger partial charge on any atom is -0.486 e. The first kappa shape index (κ1) is 15.5. The van der Waals surface area contributed by atoms with Gasteiger partial charge in [-0.2, -0.15) is 5.10 Å². The van der Waals surface area contributed by atoms with Crippen LogP contribution in [0.5, 0.6) is 5.75 Å². The number of benzene rings is 1. The van der Waals surface area contributed by atoms with Crippen LogP contribution in [0.3, 0.4) is 0 Å². The van der Waals surface area contributed by atoms with Crippen molar-refractivity contribution in [2.75, 3.05) is 6.61 Å². The van der Waals surface area contributed by atoms with Gasteiger partial charge < -0.3 is 4.74 Å². The quantitative estimate of drug-likeness (QED) is 0.578. The van der Waals surface area contributed by atoms with Gasteiger partial charge in [0.15, 0.2) is 0 Å². The Balaban J connectivity index is 0.000000774. The van der Waals surface area contributed by atoms with E-state index in [2.05, 4.69) is 21.0 Å². The average molecular weight is 354 g/mol. The first-order chi connectivity index (χ1) is 10.1. The van der Waals surface area contributed by atoms with Gasteiger partial charge in [0.05, 0.1) is 17.2 Å². The van der Waals surface area contributed by atoms with Crippen LogP contribution in [0.25, 0.3) is 11.1 Å². The van der Waals surface area contributed by atoms with Crippen LogP contribution in [-0.4, -0.2) is 21.3 Å². The first-order valence-electron chi connectivity index (χ1n) is 6.70. The van der Waals surface area contributed by atoms with Crippen LogP contribution >= 0.6 is 15.9 Å². The van der Waals surface area contributed by atoms with Crippen molar-refractivity contribution in [1.29, 1.82) is 0 Å². The molecule has 0 saturated carbocycles. The van der Waals surface area contributed by atoms with Gasteiger partial charge in [-0.25, -0.2) is 0 Å². The molecular weight excluding hydrogens is 338 g/mol. The molecule has 1 aliphatic rings. The highest BCUT2D eigenvalue weighted by atomic mass is 79.9. The van der Waals surface area contributed by atoms with Gasteiger partial charge in [0, 0.05) is 41.3 Å². The van der Waals surface area contributed by atoms with Crippen molar-refractivity contribution in [2.24, 2.45) is 7.05 Å². The van der Waals surface area contributed by atoms with Crippen LogP contribution in [0, 0.1) is 10.1 Å². The summed E-state index contributed by atoms with van der Waals surface area (Å²) in [6.07, 6.45) is 2.50. The van der Waals surface area contributed by atoms with Gasteiger partial charge in [-0.15, -0.1) is 0 Å². The van der Waals surface area contributed by atoms with E-state index in [0.29, 0.717) is 28.8 Å². The van der Waals surface area contributed by atoms with E-state index in [1.54, 1.807) is 4.68 Å². The number of hydrogen-bond donors (Lipinski definition) is 0. The van der Waals surface area contributed by atoms with Gasteiger partial charge in [-0.3, -0.25) is 14.8 Å². The summed E-state index contributed by atoms with van der Waals surface area (Å²) < 4.78 is 7.93. The van der Waals surface area contributed by atoms with E-state index in [1.165, 1.54) is 6.07 Å². The second-order valence-electron chi connectivity index (χ2n) is 4.32. The maximum Gasteiger partial charge on any atom is 0.312 e. The number of aryl methyl sites for hydroxylation is 1. The predicted octanol–water partition coefficient (Wildman–Crippen LogP) is 3.72. The van der Waals surface area contributed by atoms with Crippen LogP contribution < -0.4 is 4.74 Å². The lowest BCUT2D eigenvalue weighted by Gasteiger charge is -2.08. The molecule has 0 saturated heterocycles. The van der Waals surface area contributed by atoms with E-state index < -0.39 is 4.92 Å². The number of halogens is 1. The Morgan fingerprint density at radius 3 is 2.76 bits per heavy atom. The number of hydrogen-bond acceptors (Lipinski definition) is 4. The molecule has 0 spiro atoms. The Morgan fingerprint density at radius 1 is 1.38 bits per heavy atom. The number of fused-ring (bicyclic) bond motifs is 3. The topological polar surface area (TPSA) is 70.2 Å². The number of ether oxygens (including phenoxy) is 1. The molecule has 2 aromatic rings. The molecule has 0 radical (unpaired) electrons. The molecule has 2 heterocycles. The van der Waals surface area contributed by atoms with Gasteiger partial charge in [-0.05, 0) is 6.07 Å². The first-order valence-corrected chi connectivity index (χ1v) is 7.49. The fraction of sp³-hybridized carbons (Fsp3) is 0.357. The van der Waals surface area contributed by atoms with Crippen molar-refractivity contribution < 1.29 is 9.66 Å². The Labute approximate surface area is 131 Å². The van der Waals surface area contributed by atoms with E-state index >= 15 is 0 Å². The largest absolute Gasteiger partial charge is 0.486 e. The summed E-state index contributed by atoms with van der Waals surface area (Å²) in [6, 6.07) is 3.29. The van der Waals surface area contributed by atoms with Gasteiger partial charge >= 0.3 is 5.69 Å². The number of rotatable bonds is 1. The molecule has 1 aromatic carbocycles. The Morgan fingerprint density at radius 2 is 2.10 bits per heavy atom. The fourth-order valence-electron chi connectivity index (χ4n) is 2.26. The molecule has 0 unspecified atom stereocenters. The summed E-state index contributed by atoms with van der Waals surface area (Å²) in [5.41, 5.74) is 2.47. The highest BCUT2D eigenvalue weighted by Gasteiger charge is 2.26. The summed E-state index contributed by atoms with van der Waals surface area (Å²) in [7, 11) is 1.83. The monoisotopic (exact) mass is 353 g/mol. The number of aromatic nitrogens is 2. The number of nitro groups is 1. The van der Waals surface area contributed by atoms with Crippen LogP contribution in [0.4, 0.5) is 5.69 Å². The van der Waals surface area contributed by atoms with Crippen molar-refractivity contribution in [3.8, 4) is 16.9 Å². The molecule has 7 heteroatoms. The highest BCUT2D eigenvalue weighted by Crippen LogP contribution is 2.43. The third-order valence-electron chi connectivity index (χ3n) is 3.01. The van der Waals surface area contributed by atoms with Gasteiger partial charge in [0.25, 0.3) is 0 Å². The lowest BCUT2D eigenvalue weighted by atomic mass is 10.0.